The van der Waals surface area contributed by atoms with Crippen LogP contribution in [0.4, 0.5) is 11.5 Å². The minimum absolute atomic E-state index is 0.100. The number of nitro benzene ring substituents is 1. The van der Waals surface area contributed by atoms with E-state index in [0.29, 0.717) is 23.7 Å². The number of hydrogen-bond acceptors (Lipinski definition) is 5. The highest BCUT2D eigenvalue weighted by Crippen LogP contribution is 2.19. The second-order valence-corrected chi connectivity index (χ2v) is 3.82. The van der Waals surface area contributed by atoms with Crippen LogP contribution in [0.15, 0.2) is 42.6 Å². The van der Waals surface area contributed by atoms with E-state index in [1.165, 1.54) is 6.07 Å². The van der Waals surface area contributed by atoms with E-state index < -0.39 is 4.92 Å². The van der Waals surface area contributed by atoms with E-state index in [2.05, 4.69) is 10.3 Å². The minimum atomic E-state index is -0.390. The molecule has 0 radical (unpaired) electrons. The summed E-state index contributed by atoms with van der Waals surface area (Å²) in [6, 6.07) is 10.1. The van der Waals surface area contributed by atoms with Crippen LogP contribution < -0.4 is 10.1 Å². The van der Waals surface area contributed by atoms with Crippen molar-refractivity contribution in [1.82, 2.24) is 4.98 Å². The lowest BCUT2D eigenvalue weighted by atomic mass is 10.2. The van der Waals surface area contributed by atoms with Crippen molar-refractivity contribution in [3.05, 3.63) is 58.3 Å². The molecule has 0 aliphatic heterocycles. The average molecular weight is 259 g/mol. The normalized spacial score (nSPS) is 9.95. The monoisotopic (exact) mass is 259 g/mol. The SMILES string of the molecule is COc1ccc(NCc2ccccc2[N+](=O)[O-])nc1. The van der Waals surface area contributed by atoms with Gasteiger partial charge in [-0.25, -0.2) is 4.98 Å². The molecule has 0 saturated carbocycles. The quantitative estimate of drug-likeness (QED) is 0.659. The van der Waals surface area contributed by atoms with Crippen LogP contribution >= 0.6 is 0 Å². The molecule has 0 saturated heterocycles. The van der Waals surface area contributed by atoms with Crippen LogP contribution in [0.3, 0.4) is 0 Å². The van der Waals surface area contributed by atoms with E-state index >= 15 is 0 Å². The summed E-state index contributed by atoms with van der Waals surface area (Å²) >= 11 is 0. The van der Waals surface area contributed by atoms with Crippen molar-refractivity contribution in [3.63, 3.8) is 0 Å². The molecule has 98 valence electrons. The van der Waals surface area contributed by atoms with Gasteiger partial charge in [-0.05, 0) is 12.1 Å². The molecule has 1 N–H and O–H groups in total. The topological polar surface area (TPSA) is 77.3 Å². The fourth-order valence-electron chi connectivity index (χ4n) is 1.63. The van der Waals surface area contributed by atoms with Gasteiger partial charge in [0, 0.05) is 18.2 Å². The van der Waals surface area contributed by atoms with E-state index in [-0.39, 0.29) is 5.69 Å². The average Bonchev–Trinajstić information content (AvgIpc) is 2.46. The van der Waals surface area contributed by atoms with Crippen LogP contribution in [0.2, 0.25) is 0 Å². The molecule has 0 unspecified atom stereocenters. The summed E-state index contributed by atoms with van der Waals surface area (Å²) in [5, 5.41) is 13.9. The van der Waals surface area contributed by atoms with Gasteiger partial charge in [-0.15, -0.1) is 0 Å². The van der Waals surface area contributed by atoms with Gasteiger partial charge < -0.3 is 10.1 Å². The zero-order valence-electron chi connectivity index (χ0n) is 10.4. The largest absolute Gasteiger partial charge is 0.495 e. The molecule has 0 aliphatic rings. The number of nitrogens with zero attached hydrogens (tertiary/aromatic N) is 2. The number of rotatable bonds is 5. The molecular formula is C13H13N3O3. The van der Waals surface area contributed by atoms with Crippen LogP contribution in [0.5, 0.6) is 5.75 Å². The van der Waals surface area contributed by atoms with E-state index in [9.17, 15) is 10.1 Å². The molecule has 2 rings (SSSR count). The number of aromatic nitrogens is 1. The molecular weight excluding hydrogens is 246 g/mol. The molecule has 6 nitrogen and oxygen atoms in total. The Morgan fingerprint density at radius 1 is 1.32 bits per heavy atom. The molecule has 1 heterocycles. The number of benzene rings is 1. The molecule has 1 aromatic heterocycles. The van der Waals surface area contributed by atoms with Gasteiger partial charge in [0.15, 0.2) is 0 Å². The van der Waals surface area contributed by atoms with Crippen LogP contribution in [0, 0.1) is 10.1 Å². The lowest BCUT2D eigenvalue weighted by Gasteiger charge is -2.06. The van der Waals surface area contributed by atoms with Gasteiger partial charge in [0.2, 0.25) is 0 Å². The molecule has 0 amide bonds. The van der Waals surface area contributed by atoms with Gasteiger partial charge in [0.05, 0.1) is 18.2 Å². The van der Waals surface area contributed by atoms with E-state index in [1.54, 1.807) is 43.6 Å². The minimum Gasteiger partial charge on any atom is -0.495 e. The van der Waals surface area contributed by atoms with Crippen LogP contribution in [0.25, 0.3) is 0 Å². The highest BCUT2D eigenvalue weighted by atomic mass is 16.6. The first-order valence-corrected chi connectivity index (χ1v) is 5.67. The molecule has 0 spiro atoms. The Labute approximate surface area is 110 Å². The fraction of sp³-hybridized carbons (Fsp3) is 0.154. The smallest absolute Gasteiger partial charge is 0.274 e. The number of methoxy groups -OCH3 is 1. The van der Waals surface area contributed by atoms with Gasteiger partial charge >= 0.3 is 0 Å². The summed E-state index contributed by atoms with van der Waals surface area (Å²) in [4.78, 5) is 14.6. The summed E-state index contributed by atoms with van der Waals surface area (Å²) in [6.45, 7) is 0.344. The number of nitrogens with one attached hydrogen (secondary N) is 1. The Balaban J connectivity index is 2.07. The maximum atomic E-state index is 10.9. The molecule has 0 fully saturated rings. The summed E-state index contributed by atoms with van der Waals surface area (Å²) in [5.41, 5.74) is 0.716. The van der Waals surface area contributed by atoms with E-state index in [0.717, 1.165) is 0 Å². The number of nitro groups is 1. The van der Waals surface area contributed by atoms with Gasteiger partial charge in [0.25, 0.3) is 5.69 Å². The number of anilines is 1. The van der Waals surface area contributed by atoms with Crippen molar-refractivity contribution in [3.8, 4) is 5.75 Å². The van der Waals surface area contributed by atoms with Crippen molar-refractivity contribution in [2.75, 3.05) is 12.4 Å². The third-order valence-corrected chi connectivity index (χ3v) is 2.62. The zero-order valence-corrected chi connectivity index (χ0v) is 10.4. The molecule has 19 heavy (non-hydrogen) atoms. The van der Waals surface area contributed by atoms with Crippen molar-refractivity contribution >= 4 is 11.5 Å². The van der Waals surface area contributed by atoms with Crippen LogP contribution in [0.1, 0.15) is 5.56 Å². The summed E-state index contributed by atoms with van der Waals surface area (Å²) in [7, 11) is 1.57. The summed E-state index contributed by atoms with van der Waals surface area (Å²) < 4.78 is 5.00. The first-order valence-electron chi connectivity index (χ1n) is 5.67. The molecule has 1 aromatic carbocycles. The number of ether oxygens (including phenoxy) is 1. The van der Waals surface area contributed by atoms with Crippen molar-refractivity contribution in [2.24, 2.45) is 0 Å². The van der Waals surface area contributed by atoms with Gasteiger partial charge in [-0.1, -0.05) is 18.2 Å². The maximum absolute atomic E-state index is 10.9. The summed E-state index contributed by atoms with van der Waals surface area (Å²) in [5.74, 6) is 1.30. The highest BCUT2D eigenvalue weighted by molar-refractivity contribution is 5.44. The first kappa shape index (κ1) is 12.8. The predicted molar refractivity (Wildman–Crippen MR) is 71.2 cm³/mol. The lowest BCUT2D eigenvalue weighted by molar-refractivity contribution is -0.385. The Bertz CT molecular complexity index is 570. The Morgan fingerprint density at radius 3 is 2.74 bits per heavy atom. The number of pyridine rings is 1. The van der Waals surface area contributed by atoms with Crippen molar-refractivity contribution in [2.45, 2.75) is 6.54 Å². The van der Waals surface area contributed by atoms with Gasteiger partial charge in [0.1, 0.15) is 11.6 Å². The molecule has 0 bridgehead atoms. The Kier molecular flexibility index (Phi) is 3.92. The number of para-hydroxylation sites is 1. The third-order valence-electron chi connectivity index (χ3n) is 2.62. The zero-order chi connectivity index (χ0) is 13.7. The highest BCUT2D eigenvalue weighted by Gasteiger charge is 2.11. The standard InChI is InChI=1S/C13H13N3O3/c1-19-11-6-7-13(15-9-11)14-8-10-4-2-3-5-12(10)16(17)18/h2-7,9H,8H2,1H3,(H,14,15). The third kappa shape index (κ3) is 3.19. The second kappa shape index (κ2) is 5.81. The molecule has 6 heteroatoms. The summed E-state index contributed by atoms with van der Waals surface area (Å²) in [6.07, 6.45) is 1.59. The lowest BCUT2D eigenvalue weighted by Crippen LogP contribution is -2.04. The van der Waals surface area contributed by atoms with E-state index in [1.807, 2.05) is 0 Å². The fourth-order valence-corrected chi connectivity index (χ4v) is 1.63. The Hall–Kier alpha value is -2.63. The second-order valence-electron chi connectivity index (χ2n) is 3.82. The van der Waals surface area contributed by atoms with Crippen LogP contribution in [-0.4, -0.2) is 17.0 Å². The van der Waals surface area contributed by atoms with Crippen LogP contribution in [-0.2, 0) is 6.54 Å². The van der Waals surface area contributed by atoms with Gasteiger partial charge in [-0.2, -0.15) is 0 Å². The molecule has 0 aliphatic carbocycles. The first-order chi connectivity index (χ1) is 9.20. The van der Waals surface area contributed by atoms with Gasteiger partial charge in [-0.3, -0.25) is 10.1 Å². The molecule has 2 aromatic rings. The van der Waals surface area contributed by atoms with Crippen molar-refractivity contribution in [1.29, 1.82) is 0 Å². The maximum Gasteiger partial charge on any atom is 0.274 e. The Morgan fingerprint density at radius 2 is 2.11 bits per heavy atom. The molecule has 0 atom stereocenters. The number of hydrogen-bond donors (Lipinski definition) is 1. The van der Waals surface area contributed by atoms with Crippen molar-refractivity contribution < 1.29 is 9.66 Å². The van der Waals surface area contributed by atoms with E-state index in [4.69, 9.17) is 4.74 Å². The predicted octanol–water partition coefficient (Wildman–Crippen LogP) is 2.61.